The van der Waals surface area contributed by atoms with Gasteiger partial charge in [-0.05, 0) is 37.1 Å². The quantitative estimate of drug-likeness (QED) is 0.825. The van der Waals surface area contributed by atoms with Gasteiger partial charge in [-0.1, -0.05) is 42.5 Å². The van der Waals surface area contributed by atoms with Gasteiger partial charge >= 0.3 is 5.97 Å². The van der Waals surface area contributed by atoms with E-state index in [0.29, 0.717) is 5.56 Å². The number of hydrogen-bond acceptors (Lipinski definition) is 4. The van der Waals surface area contributed by atoms with E-state index in [1.807, 2.05) is 0 Å². The summed E-state index contributed by atoms with van der Waals surface area (Å²) in [5, 5.41) is 0. The van der Waals surface area contributed by atoms with E-state index in [9.17, 15) is 13.2 Å². The highest BCUT2D eigenvalue weighted by molar-refractivity contribution is 7.89. The molecule has 0 spiro atoms. The SMILES string of the molecule is CCOC(=O)C(NS(=O)(=O)c1cccc(C)c1)c1ccccc1. The van der Waals surface area contributed by atoms with Gasteiger partial charge in [0.05, 0.1) is 11.5 Å². The lowest BCUT2D eigenvalue weighted by molar-refractivity contribution is -0.145. The van der Waals surface area contributed by atoms with Crippen molar-refractivity contribution in [1.82, 2.24) is 4.72 Å². The van der Waals surface area contributed by atoms with Gasteiger partial charge in [0.25, 0.3) is 0 Å². The molecule has 0 aliphatic heterocycles. The first-order valence-corrected chi connectivity index (χ1v) is 8.73. The second kappa shape index (κ2) is 7.39. The summed E-state index contributed by atoms with van der Waals surface area (Å²) in [6, 6.07) is 14.1. The number of rotatable bonds is 6. The number of esters is 1. The Morgan fingerprint density at radius 2 is 1.83 bits per heavy atom. The zero-order valence-corrected chi connectivity index (χ0v) is 13.8. The van der Waals surface area contributed by atoms with Crippen molar-refractivity contribution in [3.8, 4) is 0 Å². The third-order valence-corrected chi connectivity index (χ3v) is 4.65. The van der Waals surface area contributed by atoms with Crippen LogP contribution in [0.3, 0.4) is 0 Å². The smallest absolute Gasteiger partial charge is 0.328 e. The van der Waals surface area contributed by atoms with Crippen molar-refractivity contribution in [3.63, 3.8) is 0 Å². The topological polar surface area (TPSA) is 72.5 Å². The molecule has 0 fully saturated rings. The maximum absolute atomic E-state index is 12.6. The molecule has 1 N–H and O–H groups in total. The van der Waals surface area contributed by atoms with E-state index in [0.717, 1.165) is 5.56 Å². The normalized spacial score (nSPS) is 12.6. The molecular weight excluding hydrogens is 314 g/mol. The predicted octanol–water partition coefficient (Wildman–Crippen LogP) is 2.58. The number of ether oxygens (including phenoxy) is 1. The van der Waals surface area contributed by atoms with Crippen LogP contribution in [-0.4, -0.2) is 21.0 Å². The predicted molar refractivity (Wildman–Crippen MR) is 87.3 cm³/mol. The molecule has 0 aliphatic rings. The average molecular weight is 333 g/mol. The first-order chi connectivity index (χ1) is 10.9. The maximum atomic E-state index is 12.6. The highest BCUT2D eigenvalue weighted by Crippen LogP contribution is 2.19. The molecular formula is C17H19NO4S. The molecule has 5 nitrogen and oxygen atoms in total. The van der Waals surface area contributed by atoms with Crippen molar-refractivity contribution < 1.29 is 17.9 Å². The molecule has 0 saturated heterocycles. The zero-order valence-electron chi connectivity index (χ0n) is 13.0. The molecule has 0 bridgehead atoms. The standard InChI is InChI=1S/C17H19NO4S/c1-3-22-17(19)16(14-9-5-4-6-10-14)18-23(20,21)15-11-7-8-13(2)12-15/h4-12,16,18H,3H2,1-2H3. The van der Waals surface area contributed by atoms with Gasteiger partial charge in [-0.15, -0.1) is 0 Å². The van der Waals surface area contributed by atoms with E-state index in [-0.39, 0.29) is 11.5 Å². The van der Waals surface area contributed by atoms with E-state index in [4.69, 9.17) is 4.74 Å². The summed E-state index contributed by atoms with van der Waals surface area (Å²) < 4.78 is 32.5. The van der Waals surface area contributed by atoms with E-state index < -0.39 is 22.0 Å². The molecule has 1 atom stereocenters. The van der Waals surface area contributed by atoms with Crippen molar-refractivity contribution in [2.75, 3.05) is 6.61 Å². The van der Waals surface area contributed by atoms with Gasteiger partial charge in [0.1, 0.15) is 6.04 Å². The maximum Gasteiger partial charge on any atom is 0.328 e. The number of benzene rings is 2. The number of carbonyl (C=O) groups excluding carboxylic acids is 1. The molecule has 0 aromatic heterocycles. The lowest BCUT2D eigenvalue weighted by Gasteiger charge is -2.18. The molecule has 1 unspecified atom stereocenters. The number of hydrogen-bond donors (Lipinski definition) is 1. The molecule has 0 radical (unpaired) electrons. The summed E-state index contributed by atoms with van der Waals surface area (Å²) in [5.74, 6) is -0.630. The van der Waals surface area contributed by atoms with Gasteiger partial charge in [0.15, 0.2) is 0 Å². The van der Waals surface area contributed by atoms with Crippen LogP contribution in [0.5, 0.6) is 0 Å². The largest absolute Gasteiger partial charge is 0.465 e. The van der Waals surface area contributed by atoms with Crippen LogP contribution in [-0.2, 0) is 19.6 Å². The number of carbonyl (C=O) groups is 1. The molecule has 6 heteroatoms. The summed E-state index contributed by atoms with van der Waals surface area (Å²) in [7, 11) is -3.84. The molecule has 0 heterocycles. The average Bonchev–Trinajstić information content (AvgIpc) is 2.54. The van der Waals surface area contributed by atoms with Crippen LogP contribution in [0.25, 0.3) is 0 Å². The Morgan fingerprint density at radius 1 is 1.13 bits per heavy atom. The molecule has 2 aromatic carbocycles. The van der Waals surface area contributed by atoms with E-state index >= 15 is 0 Å². The van der Waals surface area contributed by atoms with Crippen LogP contribution in [0, 0.1) is 6.92 Å². The van der Waals surface area contributed by atoms with Gasteiger partial charge in [-0.25, -0.2) is 13.2 Å². The molecule has 2 aromatic rings. The van der Waals surface area contributed by atoms with Crippen LogP contribution >= 0.6 is 0 Å². The first-order valence-electron chi connectivity index (χ1n) is 7.24. The summed E-state index contributed by atoms with van der Waals surface area (Å²) in [6.07, 6.45) is 0. The Morgan fingerprint density at radius 3 is 2.43 bits per heavy atom. The number of aryl methyl sites for hydroxylation is 1. The van der Waals surface area contributed by atoms with Crippen LogP contribution in [0.1, 0.15) is 24.1 Å². The third-order valence-electron chi connectivity index (χ3n) is 3.23. The monoisotopic (exact) mass is 333 g/mol. The van der Waals surface area contributed by atoms with Crippen molar-refractivity contribution in [2.24, 2.45) is 0 Å². The number of nitrogens with one attached hydrogen (secondary N) is 1. The van der Waals surface area contributed by atoms with Gasteiger partial charge in [0.2, 0.25) is 10.0 Å². The molecule has 0 aliphatic carbocycles. The first kappa shape index (κ1) is 17.2. The van der Waals surface area contributed by atoms with Crippen LogP contribution in [0.2, 0.25) is 0 Å². The fourth-order valence-electron chi connectivity index (χ4n) is 2.13. The lowest BCUT2D eigenvalue weighted by atomic mass is 10.1. The van der Waals surface area contributed by atoms with E-state index in [1.54, 1.807) is 62.4 Å². The Labute approximate surface area is 136 Å². The van der Waals surface area contributed by atoms with Crippen LogP contribution in [0.15, 0.2) is 59.5 Å². The van der Waals surface area contributed by atoms with Crippen molar-refractivity contribution >= 4 is 16.0 Å². The summed E-state index contributed by atoms with van der Waals surface area (Å²) >= 11 is 0. The molecule has 122 valence electrons. The van der Waals surface area contributed by atoms with Gasteiger partial charge in [-0.2, -0.15) is 4.72 Å². The highest BCUT2D eigenvalue weighted by atomic mass is 32.2. The Balaban J connectivity index is 2.35. The minimum absolute atomic E-state index is 0.114. The van der Waals surface area contributed by atoms with Gasteiger partial charge < -0.3 is 4.74 Å². The summed E-state index contributed by atoms with van der Waals surface area (Å²) in [4.78, 5) is 12.3. The second-order valence-corrected chi connectivity index (χ2v) is 6.75. The molecule has 2 rings (SSSR count). The fraction of sp³-hybridized carbons (Fsp3) is 0.235. The fourth-order valence-corrected chi connectivity index (χ4v) is 3.41. The van der Waals surface area contributed by atoms with Crippen molar-refractivity contribution in [1.29, 1.82) is 0 Å². The minimum Gasteiger partial charge on any atom is -0.465 e. The Bertz CT molecular complexity index is 772. The molecule has 0 saturated carbocycles. The van der Waals surface area contributed by atoms with Crippen LogP contribution in [0.4, 0.5) is 0 Å². The third kappa shape index (κ3) is 4.40. The highest BCUT2D eigenvalue weighted by Gasteiger charge is 2.28. The van der Waals surface area contributed by atoms with Gasteiger partial charge in [-0.3, -0.25) is 0 Å². The van der Waals surface area contributed by atoms with Crippen LogP contribution < -0.4 is 4.72 Å². The van der Waals surface area contributed by atoms with Gasteiger partial charge in [0, 0.05) is 0 Å². The van der Waals surface area contributed by atoms with Crippen molar-refractivity contribution in [3.05, 3.63) is 65.7 Å². The minimum atomic E-state index is -3.84. The van der Waals surface area contributed by atoms with E-state index in [1.165, 1.54) is 6.07 Å². The van der Waals surface area contributed by atoms with E-state index in [2.05, 4.69) is 4.72 Å². The Hall–Kier alpha value is -2.18. The number of sulfonamides is 1. The molecule has 0 amide bonds. The summed E-state index contributed by atoms with van der Waals surface area (Å²) in [6.45, 7) is 3.66. The second-order valence-electron chi connectivity index (χ2n) is 5.03. The van der Waals surface area contributed by atoms with Crippen molar-refractivity contribution in [2.45, 2.75) is 24.8 Å². The zero-order chi connectivity index (χ0) is 16.9. The Kier molecular flexibility index (Phi) is 5.52. The molecule has 23 heavy (non-hydrogen) atoms. The lowest BCUT2D eigenvalue weighted by Crippen LogP contribution is -2.35. The summed E-state index contributed by atoms with van der Waals surface area (Å²) in [5.41, 5.74) is 1.35.